The number of urea groups is 1. The number of nitrogens with zero attached hydrogens (tertiary/aromatic N) is 1. The van der Waals surface area contributed by atoms with Crippen molar-refractivity contribution in [3.63, 3.8) is 0 Å². The van der Waals surface area contributed by atoms with E-state index in [1.165, 1.54) is 4.31 Å². The Morgan fingerprint density at radius 2 is 1.81 bits per heavy atom. The Kier molecular flexibility index (Phi) is 5.86. The summed E-state index contributed by atoms with van der Waals surface area (Å²) < 4.78 is 32.0. The average molecular weight is 391 g/mol. The van der Waals surface area contributed by atoms with E-state index in [2.05, 4.69) is 10.6 Å². The van der Waals surface area contributed by atoms with Gasteiger partial charge in [0, 0.05) is 19.6 Å². The largest absolute Gasteiger partial charge is 0.464 e. The second-order valence-corrected chi connectivity index (χ2v) is 8.69. The topological polar surface area (TPSA) is 91.7 Å². The van der Waals surface area contributed by atoms with Crippen LogP contribution >= 0.6 is 0 Å². The summed E-state index contributed by atoms with van der Waals surface area (Å²) >= 11 is 0. The molecule has 0 saturated carbocycles. The summed E-state index contributed by atoms with van der Waals surface area (Å²) in [6.45, 7) is 5.16. The molecule has 7 nitrogen and oxygen atoms in total. The lowest BCUT2D eigenvalue weighted by Gasteiger charge is -2.16. The van der Waals surface area contributed by atoms with Crippen LogP contribution in [0.3, 0.4) is 0 Å². The molecule has 8 heteroatoms. The van der Waals surface area contributed by atoms with Crippen LogP contribution in [0.1, 0.15) is 42.9 Å². The second kappa shape index (κ2) is 8.14. The van der Waals surface area contributed by atoms with Gasteiger partial charge in [0.15, 0.2) is 0 Å². The van der Waals surface area contributed by atoms with E-state index >= 15 is 0 Å². The molecule has 1 aliphatic heterocycles. The van der Waals surface area contributed by atoms with Crippen molar-refractivity contribution in [1.29, 1.82) is 0 Å². The quantitative estimate of drug-likeness (QED) is 0.792. The lowest BCUT2D eigenvalue weighted by molar-refractivity contribution is 0.235. The number of hydrogen-bond acceptors (Lipinski definition) is 4. The molecule has 1 unspecified atom stereocenters. The molecule has 2 amide bonds. The summed E-state index contributed by atoms with van der Waals surface area (Å²) in [7, 11) is -3.41. The maximum Gasteiger partial charge on any atom is 0.315 e. The summed E-state index contributed by atoms with van der Waals surface area (Å²) in [5.74, 6) is 1.49. The number of carbonyl (C=O) groups is 1. The van der Waals surface area contributed by atoms with Gasteiger partial charge in [-0.15, -0.1) is 0 Å². The number of carbonyl (C=O) groups excluding carboxylic acids is 1. The van der Waals surface area contributed by atoms with E-state index in [0.717, 1.165) is 24.2 Å². The number of sulfonamides is 1. The van der Waals surface area contributed by atoms with Gasteiger partial charge in [-0.1, -0.05) is 12.1 Å². The summed E-state index contributed by atoms with van der Waals surface area (Å²) in [4.78, 5) is 12.3. The summed E-state index contributed by atoms with van der Waals surface area (Å²) in [5.41, 5.74) is 0.826. The van der Waals surface area contributed by atoms with Crippen molar-refractivity contribution in [2.45, 2.75) is 44.2 Å². The van der Waals surface area contributed by atoms with Crippen LogP contribution in [-0.2, 0) is 16.6 Å². The molecule has 0 aliphatic carbocycles. The molecule has 0 bridgehead atoms. The highest BCUT2D eigenvalue weighted by Gasteiger charge is 2.26. The Bertz CT molecular complexity index is 884. The smallest absolute Gasteiger partial charge is 0.315 e. The maximum absolute atomic E-state index is 12.5. The van der Waals surface area contributed by atoms with Gasteiger partial charge in [-0.25, -0.2) is 13.2 Å². The molecule has 1 aromatic carbocycles. The number of amides is 2. The van der Waals surface area contributed by atoms with E-state index in [1.54, 1.807) is 24.3 Å². The van der Waals surface area contributed by atoms with Crippen molar-refractivity contribution in [3.05, 3.63) is 53.5 Å². The Balaban J connectivity index is 1.53. The minimum atomic E-state index is -3.41. The predicted octanol–water partition coefficient (Wildman–Crippen LogP) is 2.93. The van der Waals surface area contributed by atoms with E-state index in [4.69, 9.17) is 4.42 Å². The van der Waals surface area contributed by atoms with Crippen LogP contribution < -0.4 is 10.6 Å². The van der Waals surface area contributed by atoms with Crippen molar-refractivity contribution in [2.75, 3.05) is 13.1 Å². The van der Waals surface area contributed by atoms with Crippen LogP contribution in [0.4, 0.5) is 4.79 Å². The molecule has 146 valence electrons. The summed E-state index contributed by atoms with van der Waals surface area (Å²) in [6, 6.07) is 9.76. The molecule has 2 N–H and O–H groups in total. The predicted molar refractivity (Wildman–Crippen MR) is 102 cm³/mol. The van der Waals surface area contributed by atoms with Gasteiger partial charge in [0.25, 0.3) is 0 Å². The van der Waals surface area contributed by atoms with E-state index < -0.39 is 10.0 Å². The second-order valence-electron chi connectivity index (χ2n) is 6.75. The zero-order valence-corrected chi connectivity index (χ0v) is 16.4. The molecule has 2 heterocycles. The number of benzene rings is 1. The highest BCUT2D eigenvalue weighted by atomic mass is 32.2. The minimum Gasteiger partial charge on any atom is -0.464 e. The third-order valence-corrected chi connectivity index (χ3v) is 6.53. The van der Waals surface area contributed by atoms with Gasteiger partial charge < -0.3 is 15.1 Å². The van der Waals surface area contributed by atoms with Gasteiger partial charge in [0.2, 0.25) is 10.0 Å². The molecule has 3 rings (SSSR count). The van der Waals surface area contributed by atoms with Crippen LogP contribution in [0.25, 0.3) is 0 Å². The van der Waals surface area contributed by atoms with Crippen LogP contribution in [-0.4, -0.2) is 31.8 Å². The molecule has 1 atom stereocenters. The summed E-state index contributed by atoms with van der Waals surface area (Å²) in [6.07, 6.45) is 1.82. The standard InChI is InChI=1S/C19H25N3O4S/c1-14-5-10-18(26-14)15(2)21-19(23)20-13-16-6-8-17(9-7-16)27(24,25)22-11-3-4-12-22/h5-10,15H,3-4,11-13H2,1-2H3,(H2,20,21,23). The molecule has 0 radical (unpaired) electrons. The normalized spacial score (nSPS) is 16.2. The van der Waals surface area contributed by atoms with Gasteiger partial charge in [0.05, 0.1) is 10.9 Å². The van der Waals surface area contributed by atoms with Crippen LogP contribution in [0.15, 0.2) is 45.7 Å². The van der Waals surface area contributed by atoms with Gasteiger partial charge >= 0.3 is 6.03 Å². The molecule has 0 spiro atoms. The first-order chi connectivity index (χ1) is 12.9. The number of hydrogen-bond donors (Lipinski definition) is 2. The molecule has 1 fully saturated rings. The van der Waals surface area contributed by atoms with Crippen LogP contribution in [0, 0.1) is 6.92 Å². The highest BCUT2D eigenvalue weighted by molar-refractivity contribution is 7.89. The molecular formula is C19H25N3O4S. The van der Waals surface area contributed by atoms with Gasteiger partial charge in [-0.2, -0.15) is 4.31 Å². The Hall–Kier alpha value is -2.32. The van der Waals surface area contributed by atoms with Crippen LogP contribution in [0.2, 0.25) is 0 Å². The maximum atomic E-state index is 12.5. The number of furan rings is 1. The first-order valence-corrected chi connectivity index (χ1v) is 10.5. The SMILES string of the molecule is Cc1ccc(C(C)NC(=O)NCc2ccc(S(=O)(=O)N3CCCC3)cc2)o1. The fourth-order valence-electron chi connectivity index (χ4n) is 3.04. The first-order valence-electron chi connectivity index (χ1n) is 9.06. The Labute approximate surface area is 159 Å². The Morgan fingerprint density at radius 1 is 1.15 bits per heavy atom. The summed E-state index contributed by atoms with van der Waals surface area (Å²) in [5, 5.41) is 5.57. The molecule has 1 aliphatic rings. The lowest BCUT2D eigenvalue weighted by Crippen LogP contribution is -2.36. The number of rotatable bonds is 6. The van der Waals surface area contributed by atoms with Gasteiger partial charge in [0.1, 0.15) is 11.5 Å². The lowest BCUT2D eigenvalue weighted by atomic mass is 10.2. The third-order valence-electron chi connectivity index (χ3n) is 4.61. The van der Waals surface area contributed by atoms with E-state index in [1.807, 2.05) is 26.0 Å². The van der Waals surface area contributed by atoms with E-state index in [0.29, 0.717) is 30.3 Å². The number of nitrogens with one attached hydrogen (secondary N) is 2. The minimum absolute atomic E-state index is 0.244. The van der Waals surface area contributed by atoms with E-state index in [9.17, 15) is 13.2 Å². The molecular weight excluding hydrogens is 366 g/mol. The van der Waals surface area contributed by atoms with Crippen molar-refractivity contribution in [2.24, 2.45) is 0 Å². The van der Waals surface area contributed by atoms with Gasteiger partial charge in [-0.05, 0) is 56.5 Å². The molecule has 1 aromatic heterocycles. The van der Waals surface area contributed by atoms with Gasteiger partial charge in [-0.3, -0.25) is 0 Å². The van der Waals surface area contributed by atoms with Crippen molar-refractivity contribution >= 4 is 16.1 Å². The van der Waals surface area contributed by atoms with Crippen LogP contribution in [0.5, 0.6) is 0 Å². The zero-order valence-electron chi connectivity index (χ0n) is 15.6. The third kappa shape index (κ3) is 4.70. The van der Waals surface area contributed by atoms with Crippen molar-refractivity contribution in [3.8, 4) is 0 Å². The monoisotopic (exact) mass is 391 g/mol. The zero-order chi connectivity index (χ0) is 19.4. The molecule has 1 saturated heterocycles. The Morgan fingerprint density at radius 3 is 2.41 bits per heavy atom. The van der Waals surface area contributed by atoms with Crippen molar-refractivity contribution < 1.29 is 17.6 Å². The molecule has 2 aromatic rings. The highest BCUT2D eigenvalue weighted by Crippen LogP contribution is 2.21. The number of aryl methyl sites for hydroxylation is 1. The first kappa shape index (κ1) is 19.4. The fraction of sp³-hybridized carbons (Fsp3) is 0.421. The van der Waals surface area contributed by atoms with E-state index in [-0.39, 0.29) is 12.1 Å². The average Bonchev–Trinajstić information content (AvgIpc) is 3.32. The molecule has 27 heavy (non-hydrogen) atoms. The van der Waals surface area contributed by atoms with Crippen molar-refractivity contribution in [1.82, 2.24) is 14.9 Å². The fourth-order valence-corrected chi connectivity index (χ4v) is 4.56.